The molecule has 1 aromatic heterocycles. The molecule has 14 heavy (non-hydrogen) atoms. The zero-order valence-corrected chi connectivity index (χ0v) is 7.69. The topological polar surface area (TPSA) is 25.8 Å². The van der Waals surface area contributed by atoms with E-state index in [4.69, 9.17) is 6.42 Å². The summed E-state index contributed by atoms with van der Waals surface area (Å²) in [6, 6.07) is 0.819. The van der Waals surface area contributed by atoms with Crippen molar-refractivity contribution in [3.63, 3.8) is 0 Å². The van der Waals surface area contributed by atoms with Gasteiger partial charge in [0.15, 0.2) is 5.16 Å². The minimum atomic E-state index is -4.44. The first-order valence-corrected chi connectivity index (χ1v) is 4.49. The average molecular weight is 218 g/mol. The molecular weight excluding hydrogens is 213 g/mol. The molecule has 0 bridgehead atoms. The van der Waals surface area contributed by atoms with Crippen molar-refractivity contribution >= 4 is 11.8 Å². The normalized spacial score (nSPS) is 11.0. The predicted molar refractivity (Wildman–Crippen MR) is 46.6 cm³/mol. The summed E-state index contributed by atoms with van der Waals surface area (Å²) in [6.07, 6.45) is 1.58. The number of alkyl halides is 3. The van der Waals surface area contributed by atoms with Gasteiger partial charge in [-0.3, -0.25) is 0 Å². The Balaban J connectivity index is 2.86. The Morgan fingerprint density at radius 2 is 2.21 bits per heavy atom. The maximum atomic E-state index is 12.2. The van der Waals surface area contributed by atoms with Gasteiger partial charge in [-0.05, 0) is 6.07 Å². The highest BCUT2D eigenvalue weighted by Crippen LogP contribution is 2.28. The highest BCUT2D eigenvalue weighted by Gasteiger charge is 2.32. The second-order valence-corrected chi connectivity index (χ2v) is 3.16. The van der Waals surface area contributed by atoms with Crippen LogP contribution in [-0.4, -0.2) is 15.7 Å². The van der Waals surface area contributed by atoms with Crippen molar-refractivity contribution in [1.29, 1.82) is 0 Å². The summed E-state index contributed by atoms with van der Waals surface area (Å²) >= 11 is 0.992. The molecule has 6 heteroatoms. The molecule has 0 aliphatic rings. The van der Waals surface area contributed by atoms with E-state index in [0.29, 0.717) is 0 Å². The Labute approximate surface area is 82.9 Å². The van der Waals surface area contributed by atoms with Gasteiger partial charge in [-0.1, -0.05) is 17.7 Å². The summed E-state index contributed by atoms with van der Waals surface area (Å²) in [5.74, 6) is 2.53. The van der Waals surface area contributed by atoms with Gasteiger partial charge in [-0.2, -0.15) is 13.2 Å². The minimum absolute atomic E-state index is 0.0396. The molecule has 2 nitrogen and oxygen atoms in total. The maximum Gasteiger partial charge on any atom is 0.433 e. The molecule has 0 aliphatic carbocycles. The first-order valence-electron chi connectivity index (χ1n) is 3.50. The number of hydrogen-bond donors (Lipinski definition) is 0. The van der Waals surface area contributed by atoms with E-state index in [1.165, 1.54) is 0 Å². The summed E-state index contributed by atoms with van der Waals surface area (Å²) in [6.45, 7) is 0. The molecule has 0 amide bonds. The van der Waals surface area contributed by atoms with Crippen LogP contribution < -0.4 is 0 Å². The van der Waals surface area contributed by atoms with E-state index in [2.05, 4.69) is 15.9 Å². The Kier molecular flexibility index (Phi) is 3.36. The van der Waals surface area contributed by atoms with Gasteiger partial charge in [0.25, 0.3) is 0 Å². The number of halogens is 3. The lowest BCUT2D eigenvalue weighted by molar-refractivity contribution is -0.141. The molecule has 0 N–H and O–H groups in total. The molecule has 0 unspecified atom stereocenters. The number of nitrogens with zero attached hydrogens (tertiary/aromatic N) is 2. The van der Waals surface area contributed by atoms with E-state index in [1.54, 1.807) is 0 Å². The van der Waals surface area contributed by atoms with Gasteiger partial charge in [0.2, 0.25) is 0 Å². The van der Waals surface area contributed by atoms with Crippen LogP contribution in [0.3, 0.4) is 0 Å². The van der Waals surface area contributed by atoms with Crippen LogP contribution in [0.2, 0.25) is 0 Å². The van der Waals surface area contributed by atoms with Crippen LogP contribution in [0.4, 0.5) is 13.2 Å². The van der Waals surface area contributed by atoms with Crippen LogP contribution in [0.5, 0.6) is 0 Å². The number of thioether (sulfide) groups is 1. The molecule has 0 aromatic carbocycles. The third-order valence-electron chi connectivity index (χ3n) is 1.21. The second kappa shape index (κ2) is 4.33. The molecule has 0 saturated heterocycles. The Hall–Kier alpha value is -1.22. The lowest BCUT2D eigenvalue weighted by Gasteiger charge is -2.05. The zero-order valence-electron chi connectivity index (χ0n) is 6.88. The molecule has 0 fully saturated rings. The van der Waals surface area contributed by atoms with E-state index < -0.39 is 11.9 Å². The van der Waals surface area contributed by atoms with Crippen LogP contribution in [0.25, 0.3) is 0 Å². The predicted octanol–water partition coefficient (Wildman–Crippen LogP) is 2.22. The minimum Gasteiger partial charge on any atom is -0.231 e. The Morgan fingerprint density at radius 3 is 2.79 bits per heavy atom. The lowest BCUT2D eigenvalue weighted by Crippen LogP contribution is -2.08. The summed E-state index contributed by atoms with van der Waals surface area (Å²) < 4.78 is 36.5. The van der Waals surface area contributed by atoms with Crippen LogP contribution in [-0.2, 0) is 6.18 Å². The number of terminal acetylenes is 1. The molecule has 0 atom stereocenters. The monoisotopic (exact) mass is 218 g/mol. The number of rotatable bonds is 2. The molecule has 0 saturated carbocycles. The van der Waals surface area contributed by atoms with Crippen molar-refractivity contribution in [2.75, 3.05) is 5.75 Å². The fourth-order valence-corrected chi connectivity index (χ4v) is 1.19. The first kappa shape index (κ1) is 10.9. The van der Waals surface area contributed by atoms with E-state index >= 15 is 0 Å². The molecule has 1 heterocycles. The van der Waals surface area contributed by atoms with Crippen molar-refractivity contribution in [2.24, 2.45) is 0 Å². The summed E-state index contributed by atoms with van der Waals surface area (Å²) in [5, 5.41) is 0.0396. The summed E-state index contributed by atoms with van der Waals surface area (Å²) in [4.78, 5) is 6.96. The molecule has 0 radical (unpaired) electrons. The van der Waals surface area contributed by atoms with Crippen LogP contribution >= 0.6 is 11.8 Å². The summed E-state index contributed by atoms with van der Waals surface area (Å²) in [5.41, 5.74) is -0.952. The molecule has 0 spiro atoms. The quantitative estimate of drug-likeness (QED) is 0.432. The highest BCUT2D eigenvalue weighted by molar-refractivity contribution is 7.99. The number of hydrogen-bond acceptors (Lipinski definition) is 3. The first-order chi connectivity index (χ1) is 6.54. The summed E-state index contributed by atoms with van der Waals surface area (Å²) in [7, 11) is 0. The van der Waals surface area contributed by atoms with Gasteiger partial charge in [0.05, 0.1) is 5.75 Å². The largest absolute Gasteiger partial charge is 0.433 e. The van der Waals surface area contributed by atoms with Crippen molar-refractivity contribution in [1.82, 2.24) is 9.97 Å². The van der Waals surface area contributed by atoms with E-state index in [-0.39, 0.29) is 10.9 Å². The van der Waals surface area contributed by atoms with Gasteiger partial charge in [-0.25, -0.2) is 9.97 Å². The molecule has 74 valence electrons. The van der Waals surface area contributed by atoms with Gasteiger partial charge in [0, 0.05) is 6.20 Å². The van der Waals surface area contributed by atoms with Gasteiger partial charge in [-0.15, -0.1) is 6.42 Å². The highest BCUT2D eigenvalue weighted by atomic mass is 32.2. The van der Waals surface area contributed by atoms with Gasteiger partial charge < -0.3 is 0 Å². The van der Waals surface area contributed by atoms with Crippen molar-refractivity contribution in [3.05, 3.63) is 18.0 Å². The smallest absolute Gasteiger partial charge is 0.231 e. The standard InChI is InChI=1S/C8H5F3N2S/c1-2-5-14-7-12-4-3-6(13-7)8(9,10)11/h1,3-4H,5H2. The SMILES string of the molecule is C#CCSc1nccc(C(F)(F)F)n1. The fourth-order valence-electron chi connectivity index (χ4n) is 0.674. The zero-order chi connectivity index (χ0) is 10.6. The van der Waals surface area contributed by atoms with Crippen LogP contribution in [0.15, 0.2) is 17.4 Å². The molecule has 1 rings (SSSR count). The molecule has 1 aromatic rings. The second-order valence-electron chi connectivity index (χ2n) is 2.22. The van der Waals surface area contributed by atoms with Crippen molar-refractivity contribution in [3.8, 4) is 12.3 Å². The van der Waals surface area contributed by atoms with Crippen LogP contribution in [0, 0.1) is 12.3 Å². The van der Waals surface area contributed by atoms with E-state index in [0.717, 1.165) is 24.0 Å². The number of aromatic nitrogens is 2. The average Bonchev–Trinajstić information content (AvgIpc) is 2.14. The van der Waals surface area contributed by atoms with E-state index in [9.17, 15) is 13.2 Å². The van der Waals surface area contributed by atoms with Gasteiger partial charge in [0.1, 0.15) is 5.69 Å². The third kappa shape index (κ3) is 2.92. The fraction of sp³-hybridized carbons (Fsp3) is 0.250. The van der Waals surface area contributed by atoms with Crippen molar-refractivity contribution in [2.45, 2.75) is 11.3 Å². The molecule has 0 aliphatic heterocycles. The van der Waals surface area contributed by atoms with Crippen molar-refractivity contribution < 1.29 is 13.2 Å². The Bertz CT molecular complexity index is 356. The Morgan fingerprint density at radius 1 is 1.50 bits per heavy atom. The molecular formula is C8H5F3N2S. The van der Waals surface area contributed by atoms with Crippen LogP contribution in [0.1, 0.15) is 5.69 Å². The van der Waals surface area contributed by atoms with E-state index in [1.807, 2.05) is 0 Å². The lowest BCUT2D eigenvalue weighted by atomic mass is 10.4. The van der Waals surface area contributed by atoms with Gasteiger partial charge >= 0.3 is 6.18 Å². The third-order valence-corrected chi connectivity index (χ3v) is 1.97. The maximum absolute atomic E-state index is 12.2.